The summed E-state index contributed by atoms with van der Waals surface area (Å²) in [6.45, 7) is 2.90. The molecule has 3 aromatic rings. The summed E-state index contributed by atoms with van der Waals surface area (Å²) in [5.41, 5.74) is 6.23. The standard InChI is InChI=1S/C33H41N3O6/c1-23(25-8-4-3-5-9-25)36(2)21-29-20-30(26-14-12-24(22-37)13-15-26)42-33(41-29)27-16-18-28(19-17-27)34-31(38)10-6-7-11-32(39)35-40/h3-5,8-9,12-19,23,29-30,33,37,40H,6-7,10-11,20-22H2,1-2H3,(H,34,38)(H,35,39)/t23-,29-,30+,33+/m0/s1. The third-order valence-corrected chi connectivity index (χ3v) is 7.70. The number of carbonyl (C=O) groups is 2. The summed E-state index contributed by atoms with van der Waals surface area (Å²) in [6.07, 6.45) is 1.34. The van der Waals surface area contributed by atoms with Gasteiger partial charge < -0.3 is 19.9 Å². The molecule has 2 amide bonds. The number of amides is 2. The number of benzene rings is 3. The summed E-state index contributed by atoms with van der Waals surface area (Å²) >= 11 is 0. The quantitative estimate of drug-likeness (QED) is 0.122. The molecule has 4 atom stereocenters. The highest BCUT2D eigenvalue weighted by Gasteiger charge is 2.33. The van der Waals surface area contributed by atoms with Crippen molar-refractivity contribution in [3.63, 3.8) is 0 Å². The average molecular weight is 576 g/mol. The minimum Gasteiger partial charge on any atom is -0.392 e. The highest BCUT2D eigenvalue weighted by Crippen LogP contribution is 2.39. The summed E-state index contributed by atoms with van der Waals surface area (Å²) in [5, 5.41) is 20.9. The Balaban J connectivity index is 1.42. The summed E-state index contributed by atoms with van der Waals surface area (Å²) in [4.78, 5) is 25.7. The van der Waals surface area contributed by atoms with Crippen molar-refractivity contribution in [1.82, 2.24) is 10.4 Å². The lowest BCUT2D eigenvalue weighted by Gasteiger charge is -2.39. The van der Waals surface area contributed by atoms with E-state index in [0.717, 1.165) is 23.2 Å². The molecule has 0 aromatic heterocycles. The van der Waals surface area contributed by atoms with Crippen molar-refractivity contribution in [1.29, 1.82) is 0 Å². The second-order valence-electron chi connectivity index (χ2n) is 10.8. The molecule has 0 spiro atoms. The van der Waals surface area contributed by atoms with E-state index < -0.39 is 12.2 Å². The van der Waals surface area contributed by atoms with Gasteiger partial charge in [-0.2, -0.15) is 0 Å². The lowest BCUT2D eigenvalue weighted by atomic mass is 9.99. The Labute approximate surface area is 247 Å². The SMILES string of the molecule is C[C@@H](c1ccccc1)N(C)C[C@@H]1C[C@H](c2ccc(CO)cc2)O[C@H](c2ccc(NC(=O)CCCCC(=O)NO)cc2)O1. The zero-order chi connectivity index (χ0) is 29.9. The smallest absolute Gasteiger partial charge is 0.243 e. The van der Waals surface area contributed by atoms with E-state index in [1.807, 2.05) is 54.6 Å². The monoisotopic (exact) mass is 575 g/mol. The molecule has 42 heavy (non-hydrogen) atoms. The van der Waals surface area contributed by atoms with Crippen LogP contribution in [0.25, 0.3) is 0 Å². The van der Waals surface area contributed by atoms with E-state index in [4.69, 9.17) is 14.7 Å². The van der Waals surface area contributed by atoms with E-state index in [1.54, 1.807) is 5.48 Å². The number of hydrogen-bond acceptors (Lipinski definition) is 7. The lowest BCUT2D eigenvalue weighted by Crippen LogP contribution is -2.38. The second-order valence-corrected chi connectivity index (χ2v) is 10.8. The first-order valence-electron chi connectivity index (χ1n) is 14.4. The third kappa shape index (κ3) is 8.95. The Morgan fingerprint density at radius 1 is 0.905 bits per heavy atom. The van der Waals surface area contributed by atoms with Gasteiger partial charge in [-0.15, -0.1) is 0 Å². The third-order valence-electron chi connectivity index (χ3n) is 7.70. The van der Waals surface area contributed by atoms with Crippen molar-refractivity contribution in [3.8, 4) is 0 Å². The van der Waals surface area contributed by atoms with Gasteiger partial charge in [0.1, 0.15) is 0 Å². The van der Waals surface area contributed by atoms with E-state index in [0.29, 0.717) is 24.9 Å². The average Bonchev–Trinajstić information content (AvgIpc) is 3.03. The fraction of sp³-hybridized carbons (Fsp3) is 0.394. The molecule has 3 aromatic carbocycles. The molecule has 1 aliphatic rings. The number of likely N-dealkylation sites (N-methyl/N-ethyl adjacent to an activating group) is 1. The Hall–Kier alpha value is -3.60. The van der Waals surface area contributed by atoms with Crippen molar-refractivity contribution in [3.05, 3.63) is 101 Å². The van der Waals surface area contributed by atoms with Crippen LogP contribution in [0, 0.1) is 0 Å². The Bertz CT molecular complexity index is 1270. The van der Waals surface area contributed by atoms with Gasteiger partial charge in [0, 0.05) is 43.1 Å². The molecule has 1 aliphatic heterocycles. The second kappa shape index (κ2) is 15.6. The Kier molecular flexibility index (Phi) is 11.6. The summed E-state index contributed by atoms with van der Waals surface area (Å²) < 4.78 is 13.0. The first-order valence-corrected chi connectivity index (χ1v) is 14.4. The molecular formula is C33H41N3O6. The van der Waals surface area contributed by atoms with Gasteiger partial charge in [-0.25, -0.2) is 5.48 Å². The maximum atomic E-state index is 12.3. The first-order chi connectivity index (χ1) is 20.4. The molecule has 9 nitrogen and oxygen atoms in total. The van der Waals surface area contributed by atoms with Crippen molar-refractivity contribution in [2.24, 2.45) is 0 Å². The first kappa shape index (κ1) is 31.3. The van der Waals surface area contributed by atoms with Crippen molar-refractivity contribution >= 4 is 17.5 Å². The highest BCUT2D eigenvalue weighted by atomic mass is 16.7. The number of carbonyl (C=O) groups excluding carboxylic acids is 2. The van der Waals surface area contributed by atoms with E-state index in [1.165, 1.54) is 5.56 Å². The maximum Gasteiger partial charge on any atom is 0.243 e. The minimum atomic E-state index is -0.589. The molecule has 9 heteroatoms. The van der Waals surface area contributed by atoms with Crippen molar-refractivity contribution < 1.29 is 29.4 Å². The van der Waals surface area contributed by atoms with Gasteiger partial charge in [0.25, 0.3) is 0 Å². The van der Waals surface area contributed by atoms with Gasteiger partial charge in [0.05, 0.1) is 18.8 Å². The van der Waals surface area contributed by atoms with Gasteiger partial charge in [-0.3, -0.25) is 19.7 Å². The Morgan fingerprint density at radius 3 is 2.19 bits per heavy atom. The number of nitrogens with zero attached hydrogens (tertiary/aromatic N) is 1. The van der Waals surface area contributed by atoms with E-state index >= 15 is 0 Å². The fourth-order valence-corrected chi connectivity index (χ4v) is 5.07. The predicted octanol–water partition coefficient (Wildman–Crippen LogP) is 5.42. The van der Waals surface area contributed by atoms with Crippen LogP contribution in [0.5, 0.6) is 0 Å². The molecular weight excluding hydrogens is 534 g/mol. The van der Waals surface area contributed by atoms with Crippen LogP contribution in [-0.2, 0) is 25.7 Å². The number of unbranched alkanes of at least 4 members (excludes halogenated alkanes) is 1. The summed E-state index contributed by atoms with van der Waals surface area (Å²) in [5.74, 6) is -0.596. The van der Waals surface area contributed by atoms with Crippen LogP contribution in [0.15, 0.2) is 78.9 Å². The number of hydroxylamine groups is 1. The molecule has 224 valence electrons. The normalized spacial score (nSPS) is 19.3. The van der Waals surface area contributed by atoms with Crippen LogP contribution < -0.4 is 10.8 Å². The molecule has 1 saturated heterocycles. The minimum absolute atomic E-state index is 0.00785. The lowest BCUT2D eigenvalue weighted by molar-refractivity contribution is -0.253. The zero-order valence-corrected chi connectivity index (χ0v) is 24.2. The van der Waals surface area contributed by atoms with Crippen LogP contribution in [0.3, 0.4) is 0 Å². The fourth-order valence-electron chi connectivity index (χ4n) is 5.07. The van der Waals surface area contributed by atoms with Crippen LogP contribution in [0.1, 0.15) is 79.7 Å². The van der Waals surface area contributed by atoms with Crippen LogP contribution in [-0.4, -0.2) is 46.7 Å². The number of anilines is 1. The molecule has 4 N–H and O–H groups in total. The molecule has 1 heterocycles. The van der Waals surface area contributed by atoms with Crippen LogP contribution >= 0.6 is 0 Å². The van der Waals surface area contributed by atoms with Gasteiger partial charge in [0.2, 0.25) is 11.8 Å². The van der Waals surface area contributed by atoms with Crippen molar-refractivity contribution in [2.75, 3.05) is 18.9 Å². The van der Waals surface area contributed by atoms with E-state index in [2.05, 4.69) is 48.5 Å². The van der Waals surface area contributed by atoms with Crippen LogP contribution in [0.4, 0.5) is 5.69 Å². The predicted molar refractivity (Wildman–Crippen MR) is 159 cm³/mol. The van der Waals surface area contributed by atoms with Crippen molar-refractivity contribution in [2.45, 2.75) is 70.2 Å². The summed E-state index contributed by atoms with van der Waals surface area (Å²) in [6, 6.07) is 25.9. The van der Waals surface area contributed by atoms with Gasteiger partial charge in [-0.1, -0.05) is 66.7 Å². The molecule has 0 aliphatic carbocycles. The van der Waals surface area contributed by atoms with Gasteiger partial charge in [0.15, 0.2) is 6.29 Å². The maximum absolute atomic E-state index is 12.3. The number of nitrogens with one attached hydrogen (secondary N) is 2. The molecule has 0 radical (unpaired) electrons. The number of rotatable bonds is 13. The number of aliphatic hydroxyl groups excluding tert-OH is 1. The summed E-state index contributed by atoms with van der Waals surface area (Å²) in [7, 11) is 2.11. The van der Waals surface area contributed by atoms with Gasteiger partial charge >= 0.3 is 0 Å². The molecule has 0 bridgehead atoms. The topological polar surface area (TPSA) is 120 Å². The highest BCUT2D eigenvalue weighted by molar-refractivity contribution is 5.90. The largest absolute Gasteiger partial charge is 0.392 e. The zero-order valence-electron chi connectivity index (χ0n) is 24.2. The number of hydrogen-bond donors (Lipinski definition) is 4. The molecule has 4 rings (SSSR count). The molecule has 1 fully saturated rings. The van der Waals surface area contributed by atoms with E-state index in [-0.39, 0.29) is 43.6 Å². The number of aliphatic hydroxyl groups is 1. The van der Waals surface area contributed by atoms with E-state index in [9.17, 15) is 14.7 Å². The Morgan fingerprint density at radius 2 is 1.55 bits per heavy atom. The van der Waals surface area contributed by atoms with Crippen LogP contribution in [0.2, 0.25) is 0 Å². The number of ether oxygens (including phenoxy) is 2. The molecule has 0 unspecified atom stereocenters. The molecule has 0 saturated carbocycles. The van der Waals surface area contributed by atoms with Gasteiger partial charge in [-0.05, 0) is 55.6 Å².